The van der Waals surface area contributed by atoms with Gasteiger partial charge in [0.25, 0.3) is 5.56 Å². The lowest BCUT2D eigenvalue weighted by Crippen LogP contribution is -2.47. The van der Waals surface area contributed by atoms with Crippen molar-refractivity contribution in [3.63, 3.8) is 0 Å². The fourth-order valence-corrected chi connectivity index (χ4v) is 5.60. The van der Waals surface area contributed by atoms with Crippen molar-refractivity contribution in [1.29, 1.82) is 0 Å². The van der Waals surface area contributed by atoms with Crippen LogP contribution in [-0.4, -0.2) is 48.2 Å². The third-order valence-electron chi connectivity index (χ3n) is 7.29. The molecule has 1 aromatic carbocycles. The molecule has 1 aliphatic heterocycles. The highest BCUT2D eigenvalue weighted by Crippen LogP contribution is 2.36. The highest BCUT2D eigenvalue weighted by Gasteiger charge is 2.40. The summed E-state index contributed by atoms with van der Waals surface area (Å²) in [5.74, 6) is 0.118. The average molecular weight is 567 g/mol. The SMILES string of the molecule is COCCCc1cc(CN(C(=O)[C@H]2CNCC[C@@H]2c2ccn(C)c(=O)c2)C2CC2)cc(Br)c1C.Cl. The number of nitrogens with zero attached hydrogens (tertiary/aromatic N) is 2. The first-order valence-electron chi connectivity index (χ1n) is 12.3. The molecule has 2 atom stereocenters. The van der Waals surface area contributed by atoms with Gasteiger partial charge in [-0.3, -0.25) is 9.59 Å². The lowest BCUT2D eigenvalue weighted by Gasteiger charge is -2.36. The Labute approximate surface area is 223 Å². The third-order valence-corrected chi connectivity index (χ3v) is 8.11. The van der Waals surface area contributed by atoms with E-state index in [0.29, 0.717) is 19.1 Å². The summed E-state index contributed by atoms with van der Waals surface area (Å²) in [6, 6.07) is 8.45. The van der Waals surface area contributed by atoms with E-state index in [1.807, 2.05) is 12.3 Å². The number of piperidine rings is 1. The number of nitrogens with one attached hydrogen (secondary N) is 1. The second-order valence-corrected chi connectivity index (χ2v) is 10.6. The Morgan fingerprint density at radius 2 is 2.03 bits per heavy atom. The first-order chi connectivity index (χ1) is 16.4. The van der Waals surface area contributed by atoms with Gasteiger partial charge in [-0.1, -0.05) is 22.0 Å². The van der Waals surface area contributed by atoms with Crippen LogP contribution in [-0.2, 0) is 29.5 Å². The van der Waals surface area contributed by atoms with Crippen LogP contribution in [0.25, 0.3) is 0 Å². The number of halogens is 2. The molecular formula is C27H37BrClN3O3. The Balaban J connectivity index is 0.00000342. The van der Waals surface area contributed by atoms with E-state index in [-0.39, 0.29) is 35.7 Å². The van der Waals surface area contributed by atoms with E-state index < -0.39 is 0 Å². The summed E-state index contributed by atoms with van der Waals surface area (Å²) >= 11 is 3.74. The molecule has 0 unspecified atom stereocenters. The molecule has 1 saturated carbocycles. The second kappa shape index (κ2) is 12.5. The fraction of sp³-hybridized carbons (Fsp3) is 0.556. The maximum atomic E-state index is 13.9. The van der Waals surface area contributed by atoms with Crippen molar-refractivity contribution in [3.05, 3.63) is 67.5 Å². The standard InChI is InChI=1S/C27H36BrN3O3.ClH/c1-18-20(5-4-12-34-3)13-19(14-25(18)28)17-31(22-6-7-22)27(33)24-16-29-10-8-23(24)21-9-11-30(2)26(32)15-21;/h9,11,13-15,22-24,29H,4-8,10,12,16-17H2,1-3H3;1H/t23-,24+;/m1./s1. The predicted octanol–water partition coefficient (Wildman–Crippen LogP) is 4.34. The topological polar surface area (TPSA) is 63.6 Å². The summed E-state index contributed by atoms with van der Waals surface area (Å²) in [4.78, 5) is 28.3. The number of amides is 1. The highest BCUT2D eigenvalue weighted by atomic mass is 79.9. The van der Waals surface area contributed by atoms with Gasteiger partial charge in [-0.05, 0) is 85.9 Å². The molecule has 2 fully saturated rings. The van der Waals surface area contributed by atoms with E-state index in [1.165, 1.54) is 16.7 Å². The molecule has 6 nitrogen and oxygen atoms in total. The Hall–Kier alpha value is -1.67. The zero-order valence-electron chi connectivity index (χ0n) is 20.9. The number of carbonyl (C=O) groups is 1. The van der Waals surface area contributed by atoms with Crippen LogP contribution in [0, 0.1) is 12.8 Å². The van der Waals surface area contributed by atoms with Crippen molar-refractivity contribution in [2.45, 2.75) is 57.5 Å². The maximum absolute atomic E-state index is 13.9. The number of hydrogen-bond donors (Lipinski definition) is 1. The molecule has 0 bridgehead atoms. The van der Waals surface area contributed by atoms with Crippen molar-refractivity contribution in [3.8, 4) is 0 Å². The number of methoxy groups -OCH3 is 1. The molecule has 8 heteroatoms. The van der Waals surface area contributed by atoms with Gasteiger partial charge < -0.3 is 19.5 Å². The Bertz CT molecular complexity index is 1090. The summed E-state index contributed by atoms with van der Waals surface area (Å²) in [6.07, 6.45) is 6.74. The van der Waals surface area contributed by atoms with Gasteiger partial charge in [-0.25, -0.2) is 0 Å². The molecule has 192 valence electrons. The van der Waals surface area contributed by atoms with Crippen LogP contribution in [0.2, 0.25) is 0 Å². The van der Waals surface area contributed by atoms with Gasteiger partial charge in [-0.15, -0.1) is 12.4 Å². The monoisotopic (exact) mass is 565 g/mol. The van der Waals surface area contributed by atoms with Crippen LogP contribution in [0.5, 0.6) is 0 Å². The maximum Gasteiger partial charge on any atom is 0.250 e. The lowest BCUT2D eigenvalue weighted by atomic mass is 9.80. The molecular weight excluding hydrogens is 530 g/mol. The van der Waals surface area contributed by atoms with E-state index in [0.717, 1.165) is 55.3 Å². The number of rotatable bonds is 9. The molecule has 4 rings (SSSR count). The number of carbonyl (C=O) groups excluding carboxylic acids is 1. The van der Waals surface area contributed by atoms with Crippen molar-refractivity contribution in [1.82, 2.24) is 14.8 Å². The molecule has 1 saturated heterocycles. The van der Waals surface area contributed by atoms with E-state index in [4.69, 9.17) is 4.74 Å². The smallest absolute Gasteiger partial charge is 0.250 e. The van der Waals surface area contributed by atoms with Crippen molar-refractivity contribution >= 4 is 34.2 Å². The summed E-state index contributed by atoms with van der Waals surface area (Å²) in [5.41, 5.74) is 4.69. The molecule has 0 radical (unpaired) electrons. The summed E-state index contributed by atoms with van der Waals surface area (Å²) in [5, 5.41) is 3.42. The number of pyridine rings is 1. The van der Waals surface area contributed by atoms with Crippen LogP contribution < -0.4 is 10.9 Å². The van der Waals surface area contributed by atoms with Gasteiger partial charge in [-0.2, -0.15) is 0 Å². The number of benzene rings is 1. The highest BCUT2D eigenvalue weighted by molar-refractivity contribution is 9.10. The zero-order chi connectivity index (χ0) is 24.2. The van der Waals surface area contributed by atoms with Gasteiger partial charge in [0, 0.05) is 56.6 Å². The summed E-state index contributed by atoms with van der Waals surface area (Å²) < 4.78 is 7.91. The summed E-state index contributed by atoms with van der Waals surface area (Å²) in [6.45, 7) is 5.03. The number of hydrogen-bond acceptors (Lipinski definition) is 4. The zero-order valence-corrected chi connectivity index (χ0v) is 23.3. The Kier molecular flexibility index (Phi) is 9.99. The minimum atomic E-state index is -0.156. The minimum absolute atomic E-state index is 0. The molecule has 35 heavy (non-hydrogen) atoms. The van der Waals surface area contributed by atoms with Crippen LogP contribution in [0.1, 0.15) is 53.9 Å². The molecule has 0 spiro atoms. The van der Waals surface area contributed by atoms with E-state index in [9.17, 15) is 9.59 Å². The first-order valence-corrected chi connectivity index (χ1v) is 13.1. The number of ether oxygens (including phenoxy) is 1. The second-order valence-electron chi connectivity index (χ2n) is 9.77. The Morgan fingerprint density at radius 3 is 2.71 bits per heavy atom. The van der Waals surface area contributed by atoms with Gasteiger partial charge in [0.2, 0.25) is 5.91 Å². The quantitative estimate of drug-likeness (QED) is 0.459. The molecule has 1 amide bonds. The van der Waals surface area contributed by atoms with Gasteiger partial charge >= 0.3 is 0 Å². The minimum Gasteiger partial charge on any atom is -0.385 e. The van der Waals surface area contributed by atoms with Crippen LogP contribution in [0.15, 0.2) is 39.7 Å². The van der Waals surface area contributed by atoms with Crippen LogP contribution in [0.4, 0.5) is 0 Å². The molecule has 1 aromatic heterocycles. The van der Waals surface area contributed by atoms with Gasteiger partial charge in [0.1, 0.15) is 0 Å². The molecule has 1 N–H and O–H groups in total. The number of aryl methyl sites for hydroxylation is 2. The predicted molar refractivity (Wildman–Crippen MR) is 145 cm³/mol. The lowest BCUT2D eigenvalue weighted by molar-refractivity contribution is -0.138. The largest absolute Gasteiger partial charge is 0.385 e. The molecule has 1 aliphatic carbocycles. The molecule has 2 aromatic rings. The van der Waals surface area contributed by atoms with Crippen molar-refractivity contribution < 1.29 is 9.53 Å². The fourth-order valence-electron chi connectivity index (χ4n) is 5.05. The van der Waals surface area contributed by atoms with Crippen LogP contribution >= 0.6 is 28.3 Å². The van der Waals surface area contributed by atoms with Crippen molar-refractivity contribution in [2.75, 3.05) is 26.8 Å². The summed E-state index contributed by atoms with van der Waals surface area (Å²) in [7, 11) is 3.49. The normalized spacial score (nSPS) is 19.8. The number of aromatic nitrogens is 1. The average Bonchev–Trinajstić information content (AvgIpc) is 3.67. The van der Waals surface area contributed by atoms with Gasteiger partial charge in [0.15, 0.2) is 0 Å². The van der Waals surface area contributed by atoms with Crippen LogP contribution in [0.3, 0.4) is 0 Å². The third kappa shape index (κ3) is 6.76. The first kappa shape index (κ1) is 27.9. The van der Waals surface area contributed by atoms with E-state index in [1.54, 1.807) is 24.8 Å². The molecule has 2 aliphatic rings. The Morgan fingerprint density at radius 1 is 1.26 bits per heavy atom. The van der Waals surface area contributed by atoms with Crippen molar-refractivity contribution in [2.24, 2.45) is 13.0 Å². The molecule has 2 heterocycles. The van der Waals surface area contributed by atoms with Gasteiger partial charge in [0.05, 0.1) is 5.92 Å². The van der Waals surface area contributed by atoms with E-state index in [2.05, 4.69) is 45.2 Å². The van der Waals surface area contributed by atoms with E-state index >= 15 is 0 Å².